The van der Waals surface area contributed by atoms with E-state index in [4.69, 9.17) is 10.6 Å². The molecule has 3 N–H and O–H groups in total. The quantitative estimate of drug-likeness (QED) is 0.588. The molecule has 102 valence electrons. The van der Waals surface area contributed by atoms with E-state index in [-0.39, 0.29) is 17.6 Å². The smallest absolute Gasteiger partial charge is 0.0788 e. The number of ether oxygens (including phenoxy) is 1. The van der Waals surface area contributed by atoms with E-state index in [9.17, 15) is 0 Å². The molecule has 0 aromatic rings. The van der Waals surface area contributed by atoms with Crippen LogP contribution in [-0.2, 0) is 4.74 Å². The van der Waals surface area contributed by atoms with Crippen molar-refractivity contribution in [2.45, 2.75) is 65.5 Å². The summed E-state index contributed by atoms with van der Waals surface area (Å²) >= 11 is 0. The predicted octanol–water partition coefficient (Wildman–Crippen LogP) is 2.71. The molecule has 3 heteroatoms. The van der Waals surface area contributed by atoms with Gasteiger partial charge in [-0.2, -0.15) is 0 Å². The van der Waals surface area contributed by atoms with E-state index in [1.54, 1.807) is 7.11 Å². The summed E-state index contributed by atoms with van der Waals surface area (Å²) in [5.74, 6) is 7.26. The van der Waals surface area contributed by atoms with Gasteiger partial charge in [0.2, 0.25) is 0 Å². The lowest BCUT2D eigenvalue weighted by Crippen LogP contribution is -2.55. The standard InChI is InChI=1S/C14H30N2O/c1-10-7-6-8-11(9-10)12(16-15)13(17-5)14(2,3)4/h10-13,16H,6-9,15H2,1-5H3. The summed E-state index contributed by atoms with van der Waals surface area (Å²) in [5, 5.41) is 0. The van der Waals surface area contributed by atoms with Gasteiger partial charge < -0.3 is 4.74 Å². The summed E-state index contributed by atoms with van der Waals surface area (Å²) in [4.78, 5) is 0. The molecule has 0 aromatic carbocycles. The van der Waals surface area contributed by atoms with E-state index >= 15 is 0 Å². The van der Waals surface area contributed by atoms with Crippen molar-refractivity contribution in [3.8, 4) is 0 Å². The van der Waals surface area contributed by atoms with Gasteiger partial charge in [0.15, 0.2) is 0 Å². The summed E-state index contributed by atoms with van der Waals surface area (Å²) in [6, 6.07) is 0.266. The zero-order chi connectivity index (χ0) is 13.1. The first kappa shape index (κ1) is 14.9. The molecule has 0 saturated heterocycles. The van der Waals surface area contributed by atoms with Crippen molar-refractivity contribution >= 4 is 0 Å². The molecule has 0 spiro atoms. The molecule has 0 aromatic heterocycles. The van der Waals surface area contributed by atoms with E-state index in [1.165, 1.54) is 25.7 Å². The Morgan fingerprint density at radius 1 is 1.29 bits per heavy atom. The highest BCUT2D eigenvalue weighted by Crippen LogP contribution is 2.36. The van der Waals surface area contributed by atoms with Crippen molar-refractivity contribution in [2.75, 3.05) is 7.11 Å². The molecular weight excluding hydrogens is 212 g/mol. The highest BCUT2D eigenvalue weighted by molar-refractivity contribution is 4.91. The zero-order valence-electron chi connectivity index (χ0n) is 12.1. The van der Waals surface area contributed by atoms with Crippen LogP contribution in [-0.4, -0.2) is 19.3 Å². The summed E-state index contributed by atoms with van der Waals surface area (Å²) in [6.07, 6.45) is 5.40. The number of methoxy groups -OCH3 is 1. The molecule has 0 heterocycles. The van der Waals surface area contributed by atoms with Crippen molar-refractivity contribution in [3.63, 3.8) is 0 Å². The van der Waals surface area contributed by atoms with Crippen LogP contribution in [0.4, 0.5) is 0 Å². The first-order valence-corrected chi connectivity index (χ1v) is 6.89. The molecule has 0 radical (unpaired) electrons. The molecule has 1 aliphatic rings. The first-order chi connectivity index (χ1) is 7.90. The second-order valence-electron chi connectivity index (χ2n) is 6.75. The molecule has 0 aliphatic heterocycles. The lowest BCUT2D eigenvalue weighted by Gasteiger charge is -2.42. The summed E-state index contributed by atoms with van der Waals surface area (Å²) < 4.78 is 5.71. The van der Waals surface area contributed by atoms with Crippen molar-refractivity contribution < 1.29 is 4.74 Å². The van der Waals surface area contributed by atoms with Gasteiger partial charge >= 0.3 is 0 Å². The Labute approximate surface area is 106 Å². The molecular formula is C14H30N2O. The first-order valence-electron chi connectivity index (χ1n) is 6.89. The monoisotopic (exact) mass is 242 g/mol. The van der Waals surface area contributed by atoms with E-state index < -0.39 is 0 Å². The van der Waals surface area contributed by atoms with Crippen LogP contribution in [0, 0.1) is 17.3 Å². The van der Waals surface area contributed by atoms with Gasteiger partial charge in [0.05, 0.1) is 12.1 Å². The van der Waals surface area contributed by atoms with Crippen LogP contribution in [0.3, 0.4) is 0 Å². The third-order valence-corrected chi connectivity index (χ3v) is 4.11. The number of hydrogen-bond acceptors (Lipinski definition) is 3. The van der Waals surface area contributed by atoms with Gasteiger partial charge in [-0.1, -0.05) is 40.5 Å². The normalized spacial score (nSPS) is 30.0. The third kappa shape index (κ3) is 3.94. The Morgan fingerprint density at radius 3 is 2.35 bits per heavy atom. The molecule has 3 nitrogen and oxygen atoms in total. The van der Waals surface area contributed by atoms with Gasteiger partial charge in [-0.15, -0.1) is 0 Å². The fraction of sp³-hybridized carbons (Fsp3) is 1.00. The maximum atomic E-state index is 5.79. The predicted molar refractivity (Wildman–Crippen MR) is 72.5 cm³/mol. The third-order valence-electron chi connectivity index (χ3n) is 4.11. The Hall–Kier alpha value is -0.120. The minimum absolute atomic E-state index is 0.118. The molecule has 1 saturated carbocycles. The number of rotatable bonds is 4. The van der Waals surface area contributed by atoms with Gasteiger partial charge in [-0.25, -0.2) is 0 Å². The average Bonchev–Trinajstić information content (AvgIpc) is 2.23. The molecule has 17 heavy (non-hydrogen) atoms. The molecule has 0 amide bonds. The number of nitrogens with two attached hydrogens (primary N) is 1. The van der Waals surface area contributed by atoms with Crippen LogP contribution in [0.5, 0.6) is 0 Å². The molecule has 1 aliphatic carbocycles. The van der Waals surface area contributed by atoms with Crippen molar-refractivity contribution in [2.24, 2.45) is 23.1 Å². The number of hydrogen-bond donors (Lipinski definition) is 2. The maximum Gasteiger partial charge on any atom is 0.0788 e. The highest BCUT2D eigenvalue weighted by Gasteiger charge is 2.37. The van der Waals surface area contributed by atoms with E-state index in [2.05, 4.69) is 33.1 Å². The van der Waals surface area contributed by atoms with Crippen molar-refractivity contribution in [3.05, 3.63) is 0 Å². The second-order valence-corrected chi connectivity index (χ2v) is 6.75. The minimum atomic E-state index is 0.118. The zero-order valence-corrected chi connectivity index (χ0v) is 12.1. The van der Waals surface area contributed by atoms with E-state index in [1.807, 2.05) is 0 Å². The average molecular weight is 242 g/mol. The Morgan fingerprint density at radius 2 is 1.94 bits per heavy atom. The Kier molecular flexibility index (Phi) is 5.42. The Bertz CT molecular complexity index is 225. The highest BCUT2D eigenvalue weighted by atomic mass is 16.5. The van der Waals surface area contributed by atoms with Gasteiger partial charge in [-0.3, -0.25) is 11.3 Å². The number of nitrogens with one attached hydrogen (secondary N) is 1. The molecule has 4 unspecified atom stereocenters. The molecule has 0 bridgehead atoms. The van der Waals surface area contributed by atoms with Crippen LogP contribution in [0.2, 0.25) is 0 Å². The topological polar surface area (TPSA) is 47.3 Å². The lowest BCUT2D eigenvalue weighted by molar-refractivity contribution is -0.0335. The lowest BCUT2D eigenvalue weighted by atomic mass is 9.72. The van der Waals surface area contributed by atoms with Crippen LogP contribution in [0.15, 0.2) is 0 Å². The van der Waals surface area contributed by atoms with Crippen LogP contribution < -0.4 is 11.3 Å². The Balaban J connectivity index is 2.74. The van der Waals surface area contributed by atoms with Crippen LogP contribution in [0.25, 0.3) is 0 Å². The summed E-state index contributed by atoms with van der Waals surface area (Å²) in [7, 11) is 1.80. The fourth-order valence-corrected chi connectivity index (χ4v) is 3.32. The van der Waals surface area contributed by atoms with E-state index in [0.29, 0.717) is 5.92 Å². The minimum Gasteiger partial charge on any atom is -0.379 e. The maximum absolute atomic E-state index is 5.79. The molecule has 1 rings (SSSR count). The molecule has 4 atom stereocenters. The van der Waals surface area contributed by atoms with Crippen LogP contribution in [0.1, 0.15) is 53.4 Å². The fourth-order valence-electron chi connectivity index (χ4n) is 3.32. The second kappa shape index (κ2) is 6.17. The summed E-state index contributed by atoms with van der Waals surface area (Å²) in [6.45, 7) is 9.01. The SMILES string of the molecule is COC(C(NN)C1CCCC(C)C1)C(C)(C)C. The van der Waals surface area contributed by atoms with Crippen molar-refractivity contribution in [1.29, 1.82) is 0 Å². The van der Waals surface area contributed by atoms with Gasteiger partial charge in [0, 0.05) is 7.11 Å². The number of hydrazine groups is 1. The summed E-state index contributed by atoms with van der Waals surface area (Å²) in [5.41, 5.74) is 3.14. The largest absolute Gasteiger partial charge is 0.379 e. The van der Waals surface area contributed by atoms with Gasteiger partial charge in [-0.05, 0) is 30.1 Å². The van der Waals surface area contributed by atoms with Crippen molar-refractivity contribution in [1.82, 2.24) is 5.43 Å². The molecule has 1 fully saturated rings. The van der Waals surface area contributed by atoms with Gasteiger partial charge in [0.25, 0.3) is 0 Å². The van der Waals surface area contributed by atoms with Gasteiger partial charge in [0.1, 0.15) is 0 Å². The van der Waals surface area contributed by atoms with Crippen LogP contribution >= 0.6 is 0 Å². The van der Waals surface area contributed by atoms with E-state index in [0.717, 1.165) is 5.92 Å².